The largest absolute Gasteiger partial charge is 0.393 e. The lowest BCUT2D eigenvalue weighted by atomic mass is 9.97. The zero-order chi connectivity index (χ0) is 19.3. The van der Waals surface area contributed by atoms with Gasteiger partial charge in [0.15, 0.2) is 11.6 Å². The van der Waals surface area contributed by atoms with Crippen LogP contribution in [-0.2, 0) is 0 Å². The monoisotopic (exact) mass is 374 g/mol. The molecular formula is C22H26N6. The number of rotatable bonds is 6. The number of nitrogens with one attached hydrogen (secondary N) is 2. The van der Waals surface area contributed by atoms with Crippen LogP contribution in [0.4, 0.5) is 23.0 Å². The first-order valence-corrected chi connectivity index (χ1v) is 9.86. The molecule has 4 rings (SSSR count). The highest BCUT2D eigenvalue weighted by Crippen LogP contribution is 2.30. The summed E-state index contributed by atoms with van der Waals surface area (Å²) in [5.74, 6) is 1.27. The Hall–Kier alpha value is -3.15. The van der Waals surface area contributed by atoms with E-state index in [0.29, 0.717) is 17.3 Å². The first-order chi connectivity index (χ1) is 13.7. The third-order valence-corrected chi connectivity index (χ3v) is 5.13. The molecule has 144 valence electrons. The van der Waals surface area contributed by atoms with Crippen molar-refractivity contribution in [2.75, 3.05) is 22.9 Å². The third-order valence-electron chi connectivity index (χ3n) is 5.13. The summed E-state index contributed by atoms with van der Waals surface area (Å²) in [7, 11) is 0. The van der Waals surface area contributed by atoms with E-state index in [9.17, 15) is 0 Å². The molecule has 1 aliphatic carbocycles. The number of benzene rings is 1. The number of fused-ring (bicyclic) bond motifs is 1. The Bertz CT molecular complexity index is 1010. The number of hydrogen-bond acceptors (Lipinski definition) is 6. The molecular weight excluding hydrogens is 348 g/mol. The Morgan fingerprint density at radius 3 is 2.82 bits per heavy atom. The Morgan fingerprint density at radius 1 is 1.07 bits per heavy atom. The van der Waals surface area contributed by atoms with Crippen LogP contribution < -0.4 is 16.4 Å². The first kappa shape index (κ1) is 18.2. The normalized spacial score (nSPS) is 14.0. The number of anilines is 4. The first-order valence-electron chi connectivity index (χ1n) is 9.86. The standard InChI is InChI=1S/C22H26N6/c1-15-10-11-17-18(27-15)8-5-9-19(17)28-22-20(23)21(25-14-26-22)24-13-12-16-6-3-2-4-7-16/h5-6,8-11,14H,2-4,7,12-13,23H2,1H3,(H2,24,25,26,28). The molecule has 4 N–H and O–H groups in total. The lowest BCUT2D eigenvalue weighted by Gasteiger charge is -2.15. The fourth-order valence-corrected chi connectivity index (χ4v) is 3.60. The minimum Gasteiger partial charge on any atom is -0.393 e. The van der Waals surface area contributed by atoms with Gasteiger partial charge < -0.3 is 16.4 Å². The Kier molecular flexibility index (Phi) is 5.37. The molecule has 0 spiro atoms. The van der Waals surface area contributed by atoms with Gasteiger partial charge in [-0.05, 0) is 63.3 Å². The molecule has 0 amide bonds. The summed E-state index contributed by atoms with van der Waals surface area (Å²) in [5.41, 5.74) is 11.3. The number of allylic oxidation sites excluding steroid dienone is 1. The van der Waals surface area contributed by atoms with Crippen LogP contribution in [0.2, 0.25) is 0 Å². The minimum atomic E-state index is 0.525. The summed E-state index contributed by atoms with van der Waals surface area (Å²) < 4.78 is 0. The van der Waals surface area contributed by atoms with Gasteiger partial charge in [-0.1, -0.05) is 17.7 Å². The molecule has 0 aliphatic heterocycles. The van der Waals surface area contributed by atoms with Gasteiger partial charge >= 0.3 is 0 Å². The van der Waals surface area contributed by atoms with Crippen LogP contribution in [0.3, 0.4) is 0 Å². The van der Waals surface area contributed by atoms with Crippen molar-refractivity contribution in [2.45, 2.75) is 39.0 Å². The molecule has 0 bridgehead atoms. The van der Waals surface area contributed by atoms with Gasteiger partial charge in [-0.15, -0.1) is 0 Å². The van der Waals surface area contributed by atoms with Gasteiger partial charge in [-0.3, -0.25) is 4.98 Å². The molecule has 0 saturated carbocycles. The number of nitrogen functional groups attached to an aromatic ring is 1. The van der Waals surface area contributed by atoms with Crippen molar-refractivity contribution in [3.8, 4) is 0 Å². The van der Waals surface area contributed by atoms with Crippen molar-refractivity contribution >= 4 is 33.9 Å². The zero-order valence-electron chi connectivity index (χ0n) is 16.2. The van der Waals surface area contributed by atoms with E-state index >= 15 is 0 Å². The van der Waals surface area contributed by atoms with Crippen molar-refractivity contribution in [2.24, 2.45) is 0 Å². The molecule has 6 nitrogen and oxygen atoms in total. The van der Waals surface area contributed by atoms with Crippen LogP contribution in [0.5, 0.6) is 0 Å². The molecule has 2 heterocycles. The maximum Gasteiger partial charge on any atom is 0.159 e. The van der Waals surface area contributed by atoms with Crippen LogP contribution in [0.15, 0.2) is 48.3 Å². The molecule has 0 fully saturated rings. The number of aryl methyl sites for hydroxylation is 1. The predicted octanol–water partition coefficient (Wildman–Crippen LogP) is 4.96. The third kappa shape index (κ3) is 4.06. The second-order valence-corrected chi connectivity index (χ2v) is 7.22. The van der Waals surface area contributed by atoms with Gasteiger partial charge in [0.05, 0.1) is 5.52 Å². The molecule has 0 radical (unpaired) electrons. The Morgan fingerprint density at radius 2 is 1.96 bits per heavy atom. The zero-order valence-corrected chi connectivity index (χ0v) is 16.2. The van der Waals surface area contributed by atoms with Crippen molar-refractivity contribution < 1.29 is 0 Å². The number of aromatic nitrogens is 3. The van der Waals surface area contributed by atoms with E-state index < -0.39 is 0 Å². The van der Waals surface area contributed by atoms with E-state index in [2.05, 4.69) is 37.7 Å². The van der Waals surface area contributed by atoms with Gasteiger partial charge in [0.25, 0.3) is 0 Å². The molecule has 3 aromatic rings. The second-order valence-electron chi connectivity index (χ2n) is 7.22. The summed E-state index contributed by atoms with van der Waals surface area (Å²) >= 11 is 0. The number of nitrogens with zero attached hydrogens (tertiary/aromatic N) is 3. The van der Waals surface area contributed by atoms with E-state index in [1.807, 2.05) is 31.2 Å². The highest BCUT2D eigenvalue weighted by atomic mass is 15.1. The van der Waals surface area contributed by atoms with E-state index in [-0.39, 0.29) is 0 Å². The molecule has 1 aliphatic rings. The fraction of sp³-hybridized carbons (Fsp3) is 0.318. The fourth-order valence-electron chi connectivity index (χ4n) is 3.60. The van der Waals surface area contributed by atoms with Gasteiger partial charge in [-0.2, -0.15) is 0 Å². The molecule has 6 heteroatoms. The number of nitrogens with two attached hydrogens (primary N) is 1. The summed E-state index contributed by atoms with van der Waals surface area (Å²) in [5, 5.41) is 7.74. The van der Waals surface area contributed by atoms with Gasteiger partial charge in [0.1, 0.15) is 12.0 Å². The smallest absolute Gasteiger partial charge is 0.159 e. The lowest BCUT2D eigenvalue weighted by molar-refractivity contribution is 0.679. The quantitative estimate of drug-likeness (QED) is 0.528. The van der Waals surface area contributed by atoms with E-state index in [1.54, 1.807) is 0 Å². The maximum absolute atomic E-state index is 6.34. The van der Waals surface area contributed by atoms with Crippen LogP contribution in [-0.4, -0.2) is 21.5 Å². The summed E-state index contributed by atoms with van der Waals surface area (Å²) in [4.78, 5) is 13.2. The van der Waals surface area contributed by atoms with Crippen molar-refractivity contribution in [3.05, 3.63) is 54.0 Å². The Balaban J connectivity index is 1.50. The molecule has 2 aromatic heterocycles. The van der Waals surface area contributed by atoms with E-state index in [1.165, 1.54) is 37.6 Å². The molecule has 0 atom stereocenters. The van der Waals surface area contributed by atoms with Gasteiger partial charge in [0, 0.05) is 23.3 Å². The topological polar surface area (TPSA) is 88.8 Å². The lowest BCUT2D eigenvalue weighted by Crippen LogP contribution is -2.10. The highest BCUT2D eigenvalue weighted by molar-refractivity contribution is 5.94. The molecule has 0 unspecified atom stereocenters. The van der Waals surface area contributed by atoms with Crippen molar-refractivity contribution in [3.63, 3.8) is 0 Å². The summed E-state index contributed by atoms with van der Waals surface area (Å²) in [6.07, 6.45) is 9.97. The minimum absolute atomic E-state index is 0.525. The summed E-state index contributed by atoms with van der Waals surface area (Å²) in [6, 6.07) is 10.1. The number of hydrogen-bond donors (Lipinski definition) is 3. The number of pyridine rings is 1. The molecule has 0 saturated heterocycles. The summed E-state index contributed by atoms with van der Waals surface area (Å²) in [6.45, 7) is 2.81. The predicted molar refractivity (Wildman–Crippen MR) is 116 cm³/mol. The SMILES string of the molecule is Cc1ccc2c(Nc3ncnc(NCCC4=CCCCC4)c3N)cccc2n1. The van der Waals surface area contributed by atoms with E-state index in [4.69, 9.17) is 5.73 Å². The average molecular weight is 374 g/mol. The highest BCUT2D eigenvalue weighted by Gasteiger charge is 2.11. The van der Waals surface area contributed by atoms with Crippen LogP contribution in [0.25, 0.3) is 10.9 Å². The maximum atomic E-state index is 6.34. The van der Waals surface area contributed by atoms with Crippen LogP contribution in [0.1, 0.15) is 37.8 Å². The average Bonchev–Trinajstić information content (AvgIpc) is 2.71. The molecule has 1 aromatic carbocycles. The molecule has 28 heavy (non-hydrogen) atoms. The van der Waals surface area contributed by atoms with Gasteiger partial charge in [-0.25, -0.2) is 9.97 Å². The van der Waals surface area contributed by atoms with Crippen LogP contribution in [0, 0.1) is 6.92 Å². The Labute approximate surface area is 165 Å². The second kappa shape index (κ2) is 8.25. The van der Waals surface area contributed by atoms with Crippen LogP contribution >= 0.6 is 0 Å². The van der Waals surface area contributed by atoms with Crippen molar-refractivity contribution in [1.82, 2.24) is 15.0 Å². The van der Waals surface area contributed by atoms with Gasteiger partial charge in [0.2, 0.25) is 0 Å². The van der Waals surface area contributed by atoms with Crippen molar-refractivity contribution in [1.29, 1.82) is 0 Å². The van der Waals surface area contributed by atoms with E-state index in [0.717, 1.165) is 35.2 Å².